The monoisotopic (exact) mass is 357 g/mol. The predicted octanol–water partition coefficient (Wildman–Crippen LogP) is 4.42. The van der Waals surface area contributed by atoms with Crippen LogP contribution < -0.4 is 5.32 Å². The summed E-state index contributed by atoms with van der Waals surface area (Å²) < 4.78 is 0. The van der Waals surface area contributed by atoms with Crippen LogP contribution in [0.3, 0.4) is 0 Å². The average molecular weight is 358 g/mol. The highest BCUT2D eigenvalue weighted by atomic mass is 16.4. The first-order chi connectivity index (χ1) is 12.0. The molecule has 2 atom stereocenters. The van der Waals surface area contributed by atoms with Crippen molar-refractivity contribution in [2.24, 2.45) is 0 Å². The number of carboxylic acid groups (broad SMARTS) is 1. The van der Waals surface area contributed by atoms with Crippen molar-refractivity contribution >= 4 is 11.9 Å². The average Bonchev–Trinajstić information content (AvgIpc) is 2.57. The molecule has 3 N–H and O–H groups in total. The maximum Gasteiger partial charge on any atom is 0.328 e. The predicted molar refractivity (Wildman–Crippen MR) is 102 cm³/mol. The van der Waals surface area contributed by atoms with Gasteiger partial charge in [-0.3, -0.25) is 4.79 Å². The molecule has 5 heteroatoms. The smallest absolute Gasteiger partial charge is 0.328 e. The number of aliphatic hydroxyl groups is 1. The molecule has 0 spiro atoms. The van der Waals surface area contributed by atoms with Crippen molar-refractivity contribution in [1.82, 2.24) is 5.32 Å². The Bertz CT molecular complexity index is 347. The van der Waals surface area contributed by atoms with Gasteiger partial charge >= 0.3 is 5.97 Å². The van der Waals surface area contributed by atoms with Gasteiger partial charge in [-0.05, 0) is 12.8 Å². The van der Waals surface area contributed by atoms with E-state index in [1.54, 1.807) is 0 Å². The first-order valence-electron chi connectivity index (χ1n) is 10.2. The first kappa shape index (κ1) is 23.9. The number of rotatable bonds is 17. The molecule has 5 nitrogen and oxygen atoms in total. The lowest BCUT2D eigenvalue weighted by atomic mass is 10.0. The van der Waals surface area contributed by atoms with Crippen molar-refractivity contribution in [3.8, 4) is 0 Å². The van der Waals surface area contributed by atoms with E-state index >= 15 is 0 Å². The SMILES string of the molecule is CCCCCCCCCCCCCC(=O)NC(C(=O)O)C(O)CCC. The molecule has 0 aliphatic heterocycles. The largest absolute Gasteiger partial charge is 0.480 e. The minimum Gasteiger partial charge on any atom is -0.480 e. The number of hydrogen-bond donors (Lipinski definition) is 3. The summed E-state index contributed by atoms with van der Waals surface area (Å²) in [5.41, 5.74) is 0. The van der Waals surface area contributed by atoms with E-state index in [0.717, 1.165) is 19.3 Å². The second-order valence-corrected chi connectivity index (χ2v) is 7.02. The third-order valence-electron chi connectivity index (χ3n) is 4.56. The molecule has 0 saturated carbocycles. The molecule has 0 radical (unpaired) electrons. The van der Waals surface area contributed by atoms with Crippen molar-refractivity contribution in [1.29, 1.82) is 0 Å². The minimum atomic E-state index is -1.19. The highest BCUT2D eigenvalue weighted by Gasteiger charge is 2.27. The summed E-state index contributed by atoms with van der Waals surface area (Å²) in [4.78, 5) is 23.0. The van der Waals surface area contributed by atoms with E-state index in [-0.39, 0.29) is 5.91 Å². The van der Waals surface area contributed by atoms with Gasteiger partial charge in [0, 0.05) is 6.42 Å². The zero-order valence-corrected chi connectivity index (χ0v) is 16.3. The number of amides is 1. The van der Waals surface area contributed by atoms with E-state index in [1.165, 1.54) is 51.4 Å². The number of hydrogen-bond acceptors (Lipinski definition) is 3. The Morgan fingerprint density at radius 1 is 0.800 bits per heavy atom. The lowest BCUT2D eigenvalue weighted by Gasteiger charge is -2.19. The molecular weight excluding hydrogens is 318 g/mol. The maximum absolute atomic E-state index is 11.8. The molecule has 0 saturated heterocycles. The molecule has 0 rings (SSSR count). The topological polar surface area (TPSA) is 86.6 Å². The zero-order chi connectivity index (χ0) is 18.9. The van der Waals surface area contributed by atoms with E-state index in [9.17, 15) is 14.7 Å². The molecule has 0 aliphatic rings. The highest BCUT2D eigenvalue weighted by Crippen LogP contribution is 2.12. The maximum atomic E-state index is 11.8. The van der Waals surface area contributed by atoms with Crippen molar-refractivity contribution in [3.05, 3.63) is 0 Å². The number of unbranched alkanes of at least 4 members (excludes halogenated alkanes) is 10. The molecule has 0 bridgehead atoms. The third kappa shape index (κ3) is 13.8. The number of carboxylic acids is 1. The molecule has 2 unspecified atom stereocenters. The number of carbonyl (C=O) groups is 2. The fourth-order valence-corrected chi connectivity index (χ4v) is 2.98. The Morgan fingerprint density at radius 2 is 1.28 bits per heavy atom. The third-order valence-corrected chi connectivity index (χ3v) is 4.56. The van der Waals surface area contributed by atoms with Crippen molar-refractivity contribution in [2.75, 3.05) is 0 Å². The van der Waals surface area contributed by atoms with Crippen molar-refractivity contribution < 1.29 is 19.8 Å². The molecule has 0 aromatic heterocycles. The Kier molecular flexibility index (Phi) is 15.7. The van der Waals surface area contributed by atoms with E-state index in [4.69, 9.17) is 5.11 Å². The summed E-state index contributed by atoms with van der Waals surface area (Å²) in [6.45, 7) is 4.10. The van der Waals surface area contributed by atoms with Gasteiger partial charge in [0.05, 0.1) is 6.10 Å². The van der Waals surface area contributed by atoms with Gasteiger partial charge in [0.15, 0.2) is 6.04 Å². The van der Waals surface area contributed by atoms with Crippen LogP contribution in [0, 0.1) is 0 Å². The van der Waals surface area contributed by atoms with Crippen LogP contribution in [-0.2, 0) is 9.59 Å². The molecule has 25 heavy (non-hydrogen) atoms. The van der Waals surface area contributed by atoms with E-state index in [0.29, 0.717) is 19.3 Å². The van der Waals surface area contributed by atoms with E-state index in [2.05, 4.69) is 12.2 Å². The van der Waals surface area contributed by atoms with Gasteiger partial charge in [0.25, 0.3) is 0 Å². The fraction of sp³-hybridized carbons (Fsp3) is 0.900. The normalized spacial score (nSPS) is 13.4. The van der Waals surface area contributed by atoms with Crippen LogP contribution in [0.5, 0.6) is 0 Å². The molecule has 1 amide bonds. The Balaban J connectivity index is 3.64. The van der Waals surface area contributed by atoms with Crippen LogP contribution in [0.4, 0.5) is 0 Å². The molecule has 0 aromatic carbocycles. The fourth-order valence-electron chi connectivity index (χ4n) is 2.98. The quantitative estimate of drug-likeness (QED) is 0.336. The number of aliphatic hydroxyl groups excluding tert-OH is 1. The first-order valence-corrected chi connectivity index (χ1v) is 10.2. The minimum absolute atomic E-state index is 0.279. The molecule has 148 valence electrons. The van der Waals surface area contributed by atoms with Crippen LogP contribution in [0.2, 0.25) is 0 Å². The van der Waals surface area contributed by atoms with Crippen LogP contribution >= 0.6 is 0 Å². The Labute approximate surface area is 153 Å². The van der Waals surface area contributed by atoms with Gasteiger partial charge in [0.2, 0.25) is 5.91 Å². The Hall–Kier alpha value is -1.10. The second kappa shape index (κ2) is 16.4. The van der Waals surface area contributed by atoms with Crippen LogP contribution in [0.15, 0.2) is 0 Å². The molecule has 0 aromatic rings. The van der Waals surface area contributed by atoms with Gasteiger partial charge in [-0.1, -0.05) is 84.5 Å². The number of carbonyl (C=O) groups excluding carboxylic acids is 1. The van der Waals surface area contributed by atoms with Crippen molar-refractivity contribution in [2.45, 2.75) is 116 Å². The summed E-state index contributed by atoms with van der Waals surface area (Å²) >= 11 is 0. The van der Waals surface area contributed by atoms with Crippen LogP contribution in [-0.4, -0.2) is 34.2 Å². The molecule has 0 aliphatic carbocycles. The highest BCUT2D eigenvalue weighted by molar-refractivity contribution is 5.83. The standard InChI is InChI=1S/C20H39NO4/c1-3-5-6-7-8-9-10-11-12-13-14-16-18(23)21-19(20(24)25)17(22)15-4-2/h17,19,22H,3-16H2,1-2H3,(H,21,23)(H,24,25). The van der Waals surface area contributed by atoms with Gasteiger partial charge < -0.3 is 15.5 Å². The summed E-state index contributed by atoms with van der Waals surface area (Å²) in [6, 6.07) is -1.19. The van der Waals surface area contributed by atoms with Gasteiger partial charge in [-0.15, -0.1) is 0 Å². The van der Waals surface area contributed by atoms with Crippen LogP contribution in [0.1, 0.15) is 104 Å². The zero-order valence-electron chi connectivity index (χ0n) is 16.3. The summed E-state index contributed by atoms with van der Waals surface area (Å²) in [7, 11) is 0. The van der Waals surface area contributed by atoms with Crippen molar-refractivity contribution in [3.63, 3.8) is 0 Å². The lowest BCUT2D eigenvalue weighted by Crippen LogP contribution is -2.48. The second-order valence-electron chi connectivity index (χ2n) is 7.02. The van der Waals surface area contributed by atoms with E-state index < -0.39 is 18.1 Å². The number of nitrogens with one attached hydrogen (secondary N) is 1. The van der Waals surface area contributed by atoms with E-state index in [1.807, 2.05) is 6.92 Å². The summed E-state index contributed by atoms with van der Waals surface area (Å²) in [5, 5.41) is 21.3. The van der Waals surface area contributed by atoms with Gasteiger partial charge in [0.1, 0.15) is 0 Å². The molecule has 0 heterocycles. The summed E-state index contributed by atoms with van der Waals surface area (Å²) in [5.74, 6) is -1.45. The number of aliphatic carboxylic acids is 1. The lowest BCUT2D eigenvalue weighted by molar-refractivity contribution is -0.145. The summed E-state index contributed by atoms with van der Waals surface area (Å²) in [6.07, 6.45) is 13.7. The van der Waals surface area contributed by atoms with Gasteiger partial charge in [-0.25, -0.2) is 4.79 Å². The van der Waals surface area contributed by atoms with Crippen LogP contribution in [0.25, 0.3) is 0 Å². The molecular formula is C20H39NO4. The molecule has 0 fully saturated rings. The van der Waals surface area contributed by atoms with Gasteiger partial charge in [-0.2, -0.15) is 0 Å². The Morgan fingerprint density at radius 3 is 1.72 bits per heavy atom.